The summed E-state index contributed by atoms with van der Waals surface area (Å²) in [6.07, 6.45) is 8.74. The van der Waals surface area contributed by atoms with Crippen LogP contribution in [0.5, 0.6) is 0 Å². The van der Waals surface area contributed by atoms with Crippen molar-refractivity contribution in [2.75, 3.05) is 0 Å². The van der Waals surface area contributed by atoms with Gasteiger partial charge >= 0.3 is 0 Å². The highest BCUT2D eigenvalue weighted by Gasteiger charge is 2.34. The van der Waals surface area contributed by atoms with Crippen molar-refractivity contribution < 1.29 is 4.79 Å². The Balaban J connectivity index is 1.59. The molecule has 0 spiro atoms. The van der Waals surface area contributed by atoms with Crippen LogP contribution in [0.2, 0.25) is 10.0 Å². The van der Waals surface area contributed by atoms with E-state index < -0.39 is 0 Å². The smallest absolute Gasteiger partial charge is 0.267 e. The topological polar surface area (TPSA) is 41.5 Å². The Morgan fingerprint density at radius 1 is 1.25 bits per heavy atom. The summed E-state index contributed by atoms with van der Waals surface area (Å²) in [5.41, 5.74) is 2.99. The van der Waals surface area contributed by atoms with Crippen molar-refractivity contribution in [3.8, 4) is 0 Å². The van der Waals surface area contributed by atoms with Crippen molar-refractivity contribution in [1.29, 1.82) is 0 Å². The molecule has 2 bridgehead atoms. The number of hydrogen-bond donors (Lipinski definition) is 1. The average molecular weight is 309 g/mol. The molecule has 5 heteroatoms. The van der Waals surface area contributed by atoms with Crippen LogP contribution in [0.1, 0.15) is 23.2 Å². The minimum Gasteiger partial charge on any atom is -0.267 e. The highest BCUT2D eigenvalue weighted by Crippen LogP contribution is 2.42. The minimum absolute atomic E-state index is 0.279. The summed E-state index contributed by atoms with van der Waals surface area (Å²) in [6.45, 7) is 0. The summed E-state index contributed by atoms with van der Waals surface area (Å²) >= 11 is 11.7. The van der Waals surface area contributed by atoms with Crippen LogP contribution in [0.3, 0.4) is 0 Å². The molecular weight excluding hydrogens is 295 g/mol. The van der Waals surface area contributed by atoms with E-state index in [1.807, 2.05) is 6.21 Å². The van der Waals surface area contributed by atoms with Crippen molar-refractivity contribution in [1.82, 2.24) is 5.43 Å². The lowest BCUT2D eigenvalue weighted by Gasteiger charge is -2.11. The summed E-state index contributed by atoms with van der Waals surface area (Å²) < 4.78 is 0. The lowest BCUT2D eigenvalue weighted by Crippen LogP contribution is -2.19. The number of halogens is 2. The van der Waals surface area contributed by atoms with Gasteiger partial charge in [-0.05, 0) is 42.9 Å². The molecule has 1 saturated carbocycles. The molecule has 0 saturated heterocycles. The van der Waals surface area contributed by atoms with Crippen LogP contribution >= 0.6 is 23.2 Å². The summed E-state index contributed by atoms with van der Waals surface area (Å²) in [6, 6.07) is 4.76. The molecule has 0 aromatic heterocycles. The zero-order valence-electron chi connectivity index (χ0n) is 10.7. The van der Waals surface area contributed by atoms with Crippen molar-refractivity contribution in [3.63, 3.8) is 0 Å². The van der Waals surface area contributed by atoms with E-state index in [1.54, 1.807) is 12.1 Å². The number of fused-ring (bicyclic) bond motifs is 2. The molecule has 1 amide bonds. The van der Waals surface area contributed by atoms with E-state index in [9.17, 15) is 4.79 Å². The second-order valence-corrected chi connectivity index (χ2v) is 6.11. The third-order valence-corrected chi connectivity index (χ3v) is 4.68. The third-order valence-electron chi connectivity index (χ3n) is 3.94. The number of hydrazone groups is 1. The maximum atomic E-state index is 11.9. The number of hydrogen-bond acceptors (Lipinski definition) is 2. The van der Waals surface area contributed by atoms with E-state index in [-0.39, 0.29) is 5.91 Å². The fourth-order valence-electron chi connectivity index (χ4n) is 2.89. The third kappa shape index (κ3) is 2.74. The van der Waals surface area contributed by atoms with Crippen LogP contribution in [-0.4, -0.2) is 12.1 Å². The Hall–Kier alpha value is -1.32. The average Bonchev–Trinajstić information content (AvgIpc) is 3.04. The Morgan fingerprint density at radius 3 is 2.75 bits per heavy atom. The molecule has 3 atom stereocenters. The molecule has 1 aromatic rings. The summed E-state index contributed by atoms with van der Waals surface area (Å²) in [5.74, 6) is 1.45. The fourth-order valence-corrected chi connectivity index (χ4v) is 3.19. The largest absolute Gasteiger partial charge is 0.271 e. The number of carbonyl (C=O) groups excluding carboxylic acids is 1. The number of nitrogens with zero attached hydrogens (tertiary/aromatic N) is 1. The van der Waals surface area contributed by atoms with Crippen LogP contribution in [0.25, 0.3) is 0 Å². The molecule has 20 heavy (non-hydrogen) atoms. The van der Waals surface area contributed by atoms with E-state index in [2.05, 4.69) is 22.7 Å². The number of rotatable bonds is 3. The standard InChI is InChI=1S/C15H14Cl2N2O/c16-13-4-3-11(7-14(13)17)15(20)19-18-8-12-6-9-1-2-10(12)5-9/h1-4,7-10,12H,5-6H2,(H,19,20)/b18-8+. The van der Waals surface area contributed by atoms with Gasteiger partial charge in [-0.25, -0.2) is 5.43 Å². The van der Waals surface area contributed by atoms with E-state index in [0.29, 0.717) is 33.4 Å². The molecule has 0 aliphatic heterocycles. The maximum Gasteiger partial charge on any atom is 0.271 e. The Labute approximate surface area is 127 Å². The molecule has 2 aliphatic rings. The fraction of sp³-hybridized carbons (Fsp3) is 0.333. The summed E-state index contributed by atoms with van der Waals surface area (Å²) in [4.78, 5) is 11.9. The van der Waals surface area contributed by atoms with Crippen molar-refractivity contribution >= 4 is 35.3 Å². The van der Waals surface area contributed by atoms with Gasteiger partial charge in [0, 0.05) is 17.7 Å². The first kappa shape index (κ1) is 13.7. The van der Waals surface area contributed by atoms with Gasteiger partial charge in [-0.2, -0.15) is 5.10 Å². The van der Waals surface area contributed by atoms with Crippen LogP contribution < -0.4 is 5.43 Å². The monoisotopic (exact) mass is 308 g/mol. The van der Waals surface area contributed by atoms with Crippen molar-refractivity contribution in [2.24, 2.45) is 22.9 Å². The number of benzene rings is 1. The van der Waals surface area contributed by atoms with Crippen LogP contribution in [0.15, 0.2) is 35.5 Å². The number of nitrogens with one attached hydrogen (secondary N) is 1. The van der Waals surface area contributed by atoms with Gasteiger partial charge in [0.25, 0.3) is 5.91 Å². The Bertz CT molecular complexity index is 598. The molecule has 1 aromatic carbocycles. The molecule has 3 nitrogen and oxygen atoms in total. The van der Waals surface area contributed by atoms with Gasteiger partial charge in [0.1, 0.15) is 0 Å². The lowest BCUT2D eigenvalue weighted by molar-refractivity contribution is 0.0955. The van der Waals surface area contributed by atoms with Crippen LogP contribution in [-0.2, 0) is 0 Å². The second-order valence-electron chi connectivity index (χ2n) is 5.29. The van der Waals surface area contributed by atoms with E-state index in [1.165, 1.54) is 12.5 Å². The summed E-state index contributed by atoms with van der Waals surface area (Å²) in [5, 5.41) is 4.86. The highest BCUT2D eigenvalue weighted by molar-refractivity contribution is 6.42. The first-order valence-corrected chi connectivity index (χ1v) is 7.36. The molecule has 104 valence electrons. The van der Waals surface area contributed by atoms with Gasteiger partial charge in [-0.3, -0.25) is 4.79 Å². The molecule has 3 unspecified atom stereocenters. The molecule has 3 rings (SSSR count). The first-order chi connectivity index (χ1) is 9.63. The SMILES string of the molecule is O=C(N/N=C/C1CC2C=CC1C2)c1ccc(Cl)c(Cl)c1. The highest BCUT2D eigenvalue weighted by atomic mass is 35.5. The second kappa shape index (κ2) is 5.58. The minimum atomic E-state index is -0.279. The quantitative estimate of drug-likeness (QED) is 0.513. The van der Waals surface area contributed by atoms with Gasteiger partial charge in [0.2, 0.25) is 0 Å². The molecular formula is C15H14Cl2N2O. The molecule has 0 radical (unpaired) electrons. The molecule has 2 aliphatic carbocycles. The molecule has 1 fully saturated rings. The molecule has 1 N–H and O–H groups in total. The number of carbonyl (C=O) groups is 1. The maximum absolute atomic E-state index is 11.9. The van der Waals surface area contributed by atoms with Gasteiger partial charge in [-0.1, -0.05) is 35.4 Å². The predicted octanol–water partition coefficient (Wildman–Crippen LogP) is 3.92. The number of amides is 1. The van der Waals surface area contributed by atoms with Crippen molar-refractivity contribution in [2.45, 2.75) is 12.8 Å². The van der Waals surface area contributed by atoms with Gasteiger partial charge in [0.15, 0.2) is 0 Å². The Morgan fingerprint density at radius 2 is 2.10 bits per heavy atom. The van der Waals surface area contributed by atoms with E-state index in [4.69, 9.17) is 23.2 Å². The zero-order chi connectivity index (χ0) is 14.1. The van der Waals surface area contributed by atoms with Gasteiger partial charge < -0.3 is 0 Å². The van der Waals surface area contributed by atoms with Crippen LogP contribution in [0.4, 0.5) is 0 Å². The first-order valence-electron chi connectivity index (χ1n) is 6.60. The predicted molar refractivity (Wildman–Crippen MR) is 81.3 cm³/mol. The van der Waals surface area contributed by atoms with E-state index in [0.717, 1.165) is 6.42 Å². The summed E-state index contributed by atoms with van der Waals surface area (Å²) in [7, 11) is 0. The number of allylic oxidation sites excluding steroid dienone is 2. The van der Waals surface area contributed by atoms with Gasteiger partial charge in [-0.15, -0.1) is 0 Å². The Kier molecular flexibility index (Phi) is 3.81. The van der Waals surface area contributed by atoms with Crippen molar-refractivity contribution in [3.05, 3.63) is 46.0 Å². The van der Waals surface area contributed by atoms with Gasteiger partial charge in [0.05, 0.1) is 10.0 Å². The lowest BCUT2D eigenvalue weighted by atomic mass is 9.95. The van der Waals surface area contributed by atoms with E-state index >= 15 is 0 Å². The zero-order valence-corrected chi connectivity index (χ0v) is 12.2. The van der Waals surface area contributed by atoms with Crippen LogP contribution in [0, 0.1) is 17.8 Å². The molecule has 0 heterocycles. The normalized spacial score (nSPS) is 27.4.